The summed E-state index contributed by atoms with van der Waals surface area (Å²) in [4.78, 5) is 23.7. The maximum Gasteiger partial charge on any atom is 0.251 e. The summed E-state index contributed by atoms with van der Waals surface area (Å²) in [6.07, 6.45) is 0.887. The molecule has 0 saturated carbocycles. The molecule has 0 aliphatic rings. The van der Waals surface area contributed by atoms with Gasteiger partial charge in [0.2, 0.25) is 5.91 Å². The summed E-state index contributed by atoms with van der Waals surface area (Å²) >= 11 is 0. The maximum atomic E-state index is 12.0. The van der Waals surface area contributed by atoms with Crippen LogP contribution in [0.25, 0.3) is 0 Å². The second-order valence-corrected chi connectivity index (χ2v) is 5.34. The molecule has 2 unspecified atom stereocenters. The first-order chi connectivity index (χ1) is 9.97. The minimum absolute atomic E-state index is 0.0769. The molecule has 0 bridgehead atoms. The third-order valence-electron chi connectivity index (χ3n) is 3.45. The Morgan fingerprint density at radius 3 is 2.62 bits per heavy atom. The molecule has 5 nitrogen and oxygen atoms in total. The SMILES string of the molecule is CCC(C)NC(=O)c1cccc(CNC(=O)C(C)CN)c1. The van der Waals surface area contributed by atoms with E-state index in [4.69, 9.17) is 5.73 Å². The summed E-state index contributed by atoms with van der Waals surface area (Å²) in [7, 11) is 0. The van der Waals surface area contributed by atoms with Crippen molar-refractivity contribution in [3.8, 4) is 0 Å². The van der Waals surface area contributed by atoms with Gasteiger partial charge in [0, 0.05) is 30.6 Å². The van der Waals surface area contributed by atoms with Gasteiger partial charge in [-0.1, -0.05) is 26.0 Å². The zero-order valence-electron chi connectivity index (χ0n) is 13.0. The molecule has 0 radical (unpaired) electrons. The fraction of sp³-hybridized carbons (Fsp3) is 0.500. The monoisotopic (exact) mass is 291 g/mol. The number of amides is 2. The Kier molecular flexibility index (Phi) is 6.88. The molecule has 1 aromatic rings. The van der Waals surface area contributed by atoms with E-state index in [0.717, 1.165) is 12.0 Å². The van der Waals surface area contributed by atoms with Gasteiger partial charge in [0.05, 0.1) is 0 Å². The zero-order valence-corrected chi connectivity index (χ0v) is 13.0. The standard InChI is InChI=1S/C16H25N3O2/c1-4-12(3)19-16(21)14-7-5-6-13(8-14)10-18-15(20)11(2)9-17/h5-8,11-12H,4,9-10,17H2,1-3H3,(H,18,20)(H,19,21). The van der Waals surface area contributed by atoms with Gasteiger partial charge in [-0.15, -0.1) is 0 Å². The Balaban J connectivity index is 2.64. The number of carbonyl (C=O) groups is 2. The quantitative estimate of drug-likeness (QED) is 0.710. The van der Waals surface area contributed by atoms with Crippen LogP contribution in [0.2, 0.25) is 0 Å². The van der Waals surface area contributed by atoms with Crippen LogP contribution in [0, 0.1) is 5.92 Å². The van der Waals surface area contributed by atoms with Crippen molar-refractivity contribution in [2.45, 2.75) is 39.8 Å². The summed E-state index contributed by atoms with van der Waals surface area (Å²) in [5.74, 6) is -0.373. The highest BCUT2D eigenvalue weighted by Gasteiger charge is 2.11. The van der Waals surface area contributed by atoms with Gasteiger partial charge in [-0.05, 0) is 31.0 Å². The van der Waals surface area contributed by atoms with E-state index in [1.54, 1.807) is 19.1 Å². The third-order valence-corrected chi connectivity index (χ3v) is 3.45. The smallest absolute Gasteiger partial charge is 0.251 e. The molecule has 4 N–H and O–H groups in total. The number of benzene rings is 1. The van der Waals surface area contributed by atoms with E-state index in [2.05, 4.69) is 10.6 Å². The van der Waals surface area contributed by atoms with E-state index < -0.39 is 0 Å². The second kappa shape index (κ2) is 8.42. The Morgan fingerprint density at radius 1 is 1.29 bits per heavy atom. The molecular weight excluding hydrogens is 266 g/mol. The van der Waals surface area contributed by atoms with Gasteiger partial charge >= 0.3 is 0 Å². The van der Waals surface area contributed by atoms with E-state index in [9.17, 15) is 9.59 Å². The van der Waals surface area contributed by atoms with Gasteiger partial charge < -0.3 is 16.4 Å². The van der Waals surface area contributed by atoms with E-state index in [0.29, 0.717) is 18.7 Å². The molecule has 1 rings (SSSR count). The third kappa shape index (κ3) is 5.55. The van der Waals surface area contributed by atoms with Gasteiger partial charge in [-0.2, -0.15) is 0 Å². The molecule has 2 amide bonds. The minimum Gasteiger partial charge on any atom is -0.352 e. The average Bonchev–Trinajstić information content (AvgIpc) is 2.51. The number of nitrogens with one attached hydrogen (secondary N) is 2. The lowest BCUT2D eigenvalue weighted by atomic mass is 10.1. The largest absolute Gasteiger partial charge is 0.352 e. The van der Waals surface area contributed by atoms with Crippen molar-refractivity contribution in [3.05, 3.63) is 35.4 Å². The number of hydrogen-bond acceptors (Lipinski definition) is 3. The van der Waals surface area contributed by atoms with Crippen LogP contribution in [0.4, 0.5) is 0 Å². The molecule has 2 atom stereocenters. The Morgan fingerprint density at radius 2 is 2.00 bits per heavy atom. The summed E-state index contributed by atoms with van der Waals surface area (Å²) in [6, 6.07) is 7.41. The Labute approximate surface area is 126 Å². The number of nitrogens with two attached hydrogens (primary N) is 1. The van der Waals surface area contributed by atoms with Crippen molar-refractivity contribution in [2.24, 2.45) is 11.7 Å². The first-order valence-electron chi connectivity index (χ1n) is 7.35. The highest BCUT2D eigenvalue weighted by Crippen LogP contribution is 2.06. The molecule has 0 fully saturated rings. The summed E-state index contributed by atoms with van der Waals surface area (Å²) in [6.45, 7) is 6.49. The topological polar surface area (TPSA) is 84.2 Å². The fourth-order valence-electron chi connectivity index (χ4n) is 1.70. The van der Waals surface area contributed by atoms with Gasteiger partial charge in [-0.3, -0.25) is 9.59 Å². The molecule has 0 aromatic heterocycles. The van der Waals surface area contributed by atoms with Crippen LogP contribution >= 0.6 is 0 Å². The van der Waals surface area contributed by atoms with Crippen LogP contribution in [0.5, 0.6) is 0 Å². The molecule has 116 valence electrons. The van der Waals surface area contributed by atoms with E-state index in [1.807, 2.05) is 26.0 Å². The molecule has 0 saturated heterocycles. The number of carbonyl (C=O) groups excluding carboxylic acids is 2. The molecule has 0 heterocycles. The first-order valence-corrected chi connectivity index (χ1v) is 7.35. The van der Waals surface area contributed by atoms with Crippen LogP contribution in [-0.4, -0.2) is 24.4 Å². The van der Waals surface area contributed by atoms with E-state index >= 15 is 0 Å². The molecular formula is C16H25N3O2. The lowest BCUT2D eigenvalue weighted by Gasteiger charge is -2.13. The molecule has 1 aromatic carbocycles. The Hall–Kier alpha value is -1.88. The van der Waals surface area contributed by atoms with Crippen molar-refractivity contribution in [1.82, 2.24) is 10.6 Å². The van der Waals surface area contributed by atoms with Crippen molar-refractivity contribution < 1.29 is 9.59 Å². The molecule has 21 heavy (non-hydrogen) atoms. The highest BCUT2D eigenvalue weighted by molar-refractivity contribution is 5.94. The van der Waals surface area contributed by atoms with Crippen molar-refractivity contribution in [2.75, 3.05) is 6.54 Å². The Bertz CT molecular complexity index is 488. The van der Waals surface area contributed by atoms with Crippen LogP contribution in [-0.2, 0) is 11.3 Å². The summed E-state index contributed by atoms with van der Waals surface area (Å²) < 4.78 is 0. The van der Waals surface area contributed by atoms with E-state index in [-0.39, 0.29) is 23.8 Å². The minimum atomic E-state index is -0.207. The van der Waals surface area contributed by atoms with E-state index in [1.165, 1.54) is 0 Å². The fourth-order valence-corrected chi connectivity index (χ4v) is 1.70. The van der Waals surface area contributed by atoms with Crippen LogP contribution in [0.15, 0.2) is 24.3 Å². The van der Waals surface area contributed by atoms with Crippen molar-refractivity contribution in [3.63, 3.8) is 0 Å². The number of rotatable bonds is 7. The lowest BCUT2D eigenvalue weighted by molar-refractivity contribution is -0.124. The van der Waals surface area contributed by atoms with Crippen LogP contribution in [0.1, 0.15) is 43.1 Å². The lowest BCUT2D eigenvalue weighted by Crippen LogP contribution is -2.33. The predicted molar refractivity (Wildman–Crippen MR) is 83.7 cm³/mol. The van der Waals surface area contributed by atoms with Gasteiger partial charge in [0.25, 0.3) is 5.91 Å². The van der Waals surface area contributed by atoms with Gasteiger partial charge in [-0.25, -0.2) is 0 Å². The van der Waals surface area contributed by atoms with Crippen LogP contribution < -0.4 is 16.4 Å². The zero-order chi connectivity index (χ0) is 15.8. The molecule has 0 aliphatic carbocycles. The summed E-state index contributed by atoms with van der Waals surface area (Å²) in [5, 5.41) is 5.74. The summed E-state index contributed by atoms with van der Waals surface area (Å²) in [5.41, 5.74) is 6.95. The van der Waals surface area contributed by atoms with Gasteiger partial charge in [0.1, 0.15) is 0 Å². The second-order valence-electron chi connectivity index (χ2n) is 5.34. The normalized spacial score (nSPS) is 13.3. The molecule has 5 heteroatoms. The number of hydrogen-bond donors (Lipinski definition) is 3. The maximum absolute atomic E-state index is 12.0. The molecule has 0 aliphatic heterocycles. The first kappa shape index (κ1) is 17.2. The molecule has 0 spiro atoms. The van der Waals surface area contributed by atoms with Crippen molar-refractivity contribution in [1.29, 1.82) is 0 Å². The van der Waals surface area contributed by atoms with Gasteiger partial charge in [0.15, 0.2) is 0 Å². The van der Waals surface area contributed by atoms with Crippen molar-refractivity contribution >= 4 is 11.8 Å². The van der Waals surface area contributed by atoms with Crippen LogP contribution in [0.3, 0.4) is 0 Å². The predicted octanol–water partition coefficient (Wildman–Crippen LogP) is 1.43. The highest BCUT2D eigenvalue weighted by atomic mass is 16.2. The average molecular weight is 291 g/mol.